The predicted octanol–water partition coefficient (Wildman–Crippen LogP) is -1.90. The fourth-order valence-electron chi connectivity index (χ4n) is 3.13. The second-order valence-electron chi connectivity index (χ2n) is 7.14. The first-order valence-electron chi connectivity index (χ1n) is 9.26. The van der Waals surface area contributed by atoms with Gasteiger partial charge in [0.05, 0.1) is 12.9 Å². The van der Waals surface area contributed by atoms with E-state index in [4.69, 9.17) is 15.2 Å². The van der Waals surface area contributed by atoms with Gasteiger partial charge in [-0.05, 0) is 6.42 Å². The van der Waals surface area contributed by atoms with E-state index in [9.17, 15) is 15.0 Å². The number of hydrogen-bond acceptors (Lipinski definition) is 9. The van der Waals surface area contributed by atoms with E-state index in [1.54, 1.807) is 4.57 Å². The van der Waals surface area contributed by atoms with Crippen LogP contribution in [0.4, 0.5) is 5.82 Å². The van der Waals surface area contributed by atoms with E-state index in [-0.39, 0.29) is 24.9 Å². The predicted molar refractivity (Wildman–Crippen MR) is 97.5 cm³/mol. The highest BCUT2D eigenvalue weighted by atomic mass is 16.6. The van der Waals surface area contributed by atoms with Crippen molar-refractivity contribution in [3.63, 3.8) is 0 Å². The number of ether oxygens (including phenoxy) is 2. The van der Waals surface area contributed by atoms with Gasteiger partial charge >= 0.3 is 5.97 Å². The maximum Gasteiger partial charge on any atom is 0.365 e. The Labute approximate surface area is 161 Å². The quantitative estimate of drug-likeness (QED) is 0.390. The second-order valence-corrected chi connectivity index (χ2v) is 7.14. The van der Waals surface area contributed by atoms with Crippen molar-refractivity contribution in [3.05, 3.63) is 12.7 Å². The number of carbonyl (C=O) groups is 1. The third-order valence-corrected chi connectivity index (χ3v) is 5.29. The normalized spacial score (nSPS) is 27.0. The lowest BCUT2D eigenvalue weighted by atomic mass is 10.0. The van der Waals surface area contributed by atoms with Gasteiger partial charge in [0.1, 0.15) is 42.9 Å². The van der Waals surface area contributed by atoms with Crippen molar-refractivity contribution >= 4 is 23.0 Å². The van der Waals surface area contributed by atoms with E-state index in [0.717, 1.165) is 6.42 Å². The van der Waals surface area contributed by atoms with Gasteiger partial charge in [-0.1, -0.05) is 13.8 Å². The summed E-state index contributed by atoms with van der Waals surface area (Å²) in [4.78, 5) is 24.3. The minimum Gasteiger partial charge on any atom is -0.458 e. The number of aliphatic hydroxyl groups excluding tert-OH is 2. The SMILES string of the molecule is CC[C@H](C)[C@H]([NH3+])C(=O)OC[C@H]1O[C@@H](Cn2cnc3c(N)ncnc32)[C@H](O)[C@@H]1O. The van der Waals surface area contributed by atoms with Gasteiger partial charge in [0.15, 0.2) is 17.5 Å². The third-order valence-electron chi connectivity index (χ3n) is 5.29. The lowest BCUT2D eigenvalue weighted by Crippen LogP contribution is -2.68. The molecule has 2 aromatic rings. The first-order chi connectivity index (χ1) is 13.3. The van der Waals surface area contributed by atoms with Gasteiger partial charge in [-0.15, -0.1) is 0 Å². The Kier molecular flexibility index (Phi) is 6.08. The lowest BCUT2D eigenvalue weighted by Gasteiger charge is -2.18. The van der Waals surface area contributed by atoms with Crippen LogP contribution in [0.2, 0.25) is 0 Å². The van der Waals surface area contributed by atoms with Gasteiger partial charge in [0.2, 0.25) is 0 Å². The molecule has 2 aromatic heterocycles. The number of nitrogens with zero attached hydrogens (tertiary/aromatic N) is 4. The minimum absolute atomic E-state index is 0.0872. The van der Waals surface area contributed by atoms with E-state index >= 15 is 0 Å². The van der Waals surface area contributed by atoms with Crippen molar-refractivity contribution in [2.75, 3.05) is 12.3 Å². The summed E-state index contributed by atoms with van der Waals surface area (Å²) in [6.07, 6.45) is -0.236. The number of rotatable bonds is 7. The van der Waals surface area contributed by atoms with Crippen molar-refractivity contribution in [1.82, 2.24) is 19.5 Å². The molecule has 11 heteroatoms. The molecule has 1 saturated heterocycles. The molecule has 1 aliphatic rings. The number of esters is 1. The zero-order chi connectivity index (χ0) is 20.4. The highest BCUT2D eigenvalue weighted by Crippen LogP contribution is 2.25. The van der Waals surface area contributed by atoms with Gasteiger partial charge in [-0.2, -0.15) is 0 Å². The minimum atomic E-state index is -1.18. The summed E-state index contributed by atoms with van der Waals surface area (Å²) in [5.74, 6) is -0.106. The number of quaternary nitrogens is 1. The summed E-state index contributed by atoms with van der Waals surface area (Å²) in [6, 6.07) is -0.494. The molecule has 6 atom stereocenters. The fourth-order valence-corrected chi connectivity index (χ4v) is 3.13. The van der Waals surface area contributed by atoms with Crippen LogP contribution in [0.15, 0.2) is 12.7 Å². The van der Waals surface area contributed by atoms with E-state index in [1.165, 1.54) is 12.7 Å². The molecule has 0 amide bonds. The number of nitrogen functional groups attached to an aromatic ring is 1. The Hall–Kier alpha value is -2.34. The zero-order valence-electron chi connectivity index (χ0n) is 15.9. The molecule has 3 rings (SSSR count). The summed E-state index contributed by atoms with van der Waals surface area (Å²) in [5.41, 5.74) is 10.6. The van der Waals surface area contributed by atoms with E-state index in [1.807, 2.05) is 13.8 Å². The van der Waals surface area contributed by atoms with Crippen molar-refractivity contribution in [2.24, 2.45) is 5.92 Å². The molecule has 0 radical (unpaired) electrons. The van der Waals surface area contributed by atoms with Crippen LogP contribution in [-0.2, 0) is 20.8 Å². The topological polar surface area (TPSA) is 173 Å². The standard InChI is InChI=1S/C17H26N6O5/c1-3-8(2)11(18)17(26)27-5-10-14(25)13(24)9(28-10)4-23-7-22-12-15(19)20-6-21-16(12)23/h6-11,13-14,24-25H,3-5,18H2,1-2H3,(H2,19,20,21)/p+1/t8-,9-,10+,11-,13-,14+/m0/s1. The molecular formula is C17H27N6O5+. The molecule has 1 fully saturated rings. The zero-order valence-corrected chi connectivity index (χ0v) is 15.9. The van der Waals surface area contributed by atoms with Gasteiger partial charge in [-0.3, -0.25) is 0 Å². The van der Waals surface area contributed by atoms with Crippen LogP contribution in [0.1, 0.15) is 20.3 Å². The average molecular weight is 395 g/mol. The Morgan fingerprint density at radius 1 is 1.36 bits per heavy atom. The molecule has 0 bridgehead atoms. The van der Waals surface area contributed by atoms with E-state index < -0.39 is 36.4 Å². The molecule has 7 N–H and O–H groups in total. The van der Waals surface area contributed by atoms with Crippen LogP contribution in [0, 0.1) is 5.92 Å². The van der Waals surface area contributed by atoms with E-state index in [2.05, 4.69) is 20.7 Å². The molecule has 0 aromatic carbocycles. The number of imidazole rings is 1. The highest BCUT2D eigenvalue weighted by molar-refractivity contribution is 5.81. The molecule has 0 unspecified atom stereocenters. The van der Waals surface area contributed by atoms with Gasteiger partial charge < -0.3 is 35.7 Å². The van der Waals surface area contributed by atoms with Crippen LogP contribution in [0.3, 0.4) is 0 Å². The van der Waals surface area contributed by atoms with Crippen LogP contribution < -0.4 is 11.5 Å². The maximum absolute atomic E-state index is 12.1. The number of hydrogen-bond donors (Lipinski definition) is 4. The number of aromatic nitrogens is 4. The number of fused-ring (bicyclic) bond motifs is 1. The van der Waals surface area contributed by atoms with Crippen LogP contribution in [0.25, 0.3) is 11.2 Å². The number of carbonyl (C=O) groups excluding carboxylic acids is 1. The molecule has 0 spiro atoms. The Morgan fingerprint density at radius 3 is 2.79 bits per heavy atom. The first kappa shape index (κ1) is 20.4. The fraction of sp³-hybridized carbons (Fsp3) is 0.647. The maximum atomic E-state index is 12.1. The number of aliphatic hydroxyl groups is 2. The molecular weight excluding hydrogens is 368 g/mol. The molecule has 154 valence electrons. The van der Waals surface area contributed by atoms with E-state index in [0.29, 0.717) is 11.2 Å². The largest absolute Gasteiger partial charge is 0.458 e. The highest BCUT2D eigenvalue weighted by Gasteiger charge is 2.43. The monoisotopic (exact) mass is 395 g/mol. The summed E-state index contributed by atoms with van der Waals surface area (Å²) in [5, 5.41) is 20.6. The smallest absolute Gasteiger partial charge is 0.365 e. The molecule has 1 aliphatic heterocycles. The van der Waals surface area contributed by atoms with Crippen LogP contribution in [0.5, 0.6) is 0 Å². The molecule has 3 heterocycles. The van der Waals surface area contributed by atoms with Crippen molar-refractivity contribution < 1.29 is 30.2 Å². The van der Waals surface area contributed by atoms with Crippen LogP contribution >= 0.6 is 0 Å². The van der Waals surface area contributed by atoms with Gasteiger partial charge in [0, 0.05) is 5.92 Å². The Bertz CT molecular complexity index is 829. The lowest BCUT2D eigenvalue weighted by molar-refractivity contribution is -0.420. The molecule has 0 saturated carbocycles. The summed E-state index contributed by atoms with van der Waals surface area (Å²) < 4.78 is 12.6. The summed E-state index contributed by atoms with van der Waals surface area (Å²) in [6.45, 7) is 3.93. The third kappa shape index (κ3) is 3.92. The molecule has 28 heavy (non-hydrogen) atoms. The summed E-state index contributed by atoms with van der Waals surface area (Å²) in [7, 11) is 0. The van der Waals surface area contributed by atoms with Crippen molar-refractivity contribution in [3.8, 4) is 0 Å². The van der Waals surface area contributed by atoms with Crippen LogP contribution in [-0.4, -0.2) is 72.8 Å². The number of anilines is 1. The van der Waals surface area contributed by atoms with Gasteiger partial charge in [-0.25, -0.2) is 19.7 Å². The van der Waals surface area contributed by atoms with Gasteiger partial charge in [0.25, 0.3) is 0 Å². The molecule has 11 nitrogen and oxygen atoms in total. The summed E-state index contributed by atoms with van der Waals surface area (Å²) >= 11 is 0. The van der Waals surface area contributed by atoms with Crippen molar-refractivity contribution in [2.45, 2.75) is 57.3 Å². The van der Waals surface area contributed by atoms with Crippen molar-refractivity contribution in [1.29, 1.82) is 0 Å². The second kappa shape index (κ2) is 8.35. The number of nitrogens with two attached hydrogens (primary N) is 1. The molecule has 0 aliphatic carbocycles. The Balaban J connectivity index is 1.62. The Morgan fingerprint density at radius 2 is 2.07 bits per heavy atom. The average Bonchev–Trinajstić information content (AvgIpc) is 3.22. The first-order valence-corrected chi connectivity index (χ1v) is 9.26.